The number of pyridine rings is 1. The molecule has 1 fully saturated rings. The average Bonchev–Trinajstić information content (AvgIpc) is 3.61. The Morgan fingerprint density at radius 3 is 2.55 bits per heavy atom. The molecular weight excluding hydrogens is 661 g/mol. The third-order valence-corrected chi connectivity index (χ3v) is 11.3. The van der Waals surface area contributed by atoms with Gasteiger partial charge >= 0.3 is 6.18 Å². The van der Waals surface area contributed by atoms with E-state index >= 15 is 4.39 Å². The Balaban J connectivity index is 1.37. The van der Waals surface area contributed by atoms with Crippen molar-refractivity contribution in [2.75, 3.05) is 31.7 Å². The summed E-state index contributed by atoms with van der Waals surface area (Å²) in [5, 5.41) is 1.73. The smallest absolute Gasteiger partial charge is 0.391 e. The molecule has 15 heteroatoms. The first-order valence-electron chi connectivity index (χ1n) is 14.8. The van der Waals surface area contributed by atoms with Crippen LogP contribution < -0.4 is 18.5 Å². The number of likely N-dealkylation sites (tertiary alicyclic amines) is 1. The van der Waals surface area contributed by atoms with Crippen LogP contribution in [0.2, 0.25) is 0 Å². The van der Waals surface area contributed by atoms with Crippen LogP contribution in [0.3, 0.4) is 0 Å². The molecule has 9 nitrogen and oxygen atoms in total. The number of benzene rings is 2. The second-order valence-corrected chi connectivity index (χ2v) is 14.0. The van der Waals surface area contributed by atoms with Crippen molar-refractivity contribution < 1.29 is 40.2 Å². The highest BCUT2D eigenvalue weighted by molar-refractivity contribution is 7.93. The van der Waals surface area contributed by atoms with Crippen LogP contribution in [0.1, 0.15) is 48.2 Å². The van der Waals surface area contributed by atoms with Crippen molar-refractivity contribution in [3.05, 3.63) is 88.9 Å². The van der Waals surface area contributed by atoms with E-state index in [0.29, 0.717) is 34.7 Å². The van der Waals surface area contributed by atoms with E-state index in [9.17, 15) is 21.6 Å². The largest absolute Gasteiger partial charge is 0.497 e. The van der Waals surface area contributed by atoms with E-state index in [1.807, 2.05) is 4.90 Å². The molecule has 0 saturated carbocycles. The second kappa shape index (κ2) is 13.3. The van der Waals surface area contributed by atoms with Crippen molar-refractivity contribution in [1.29, 1.82) is 0 Å². The number of thiazole rings is 1. The number of alkyl halides is 3. The number of hydrogen-bond acceptors (Lipinski definition) is 9. The molecule has 4 heterocycles. The number of rotatable bonds is 9. The summed E-state index contributed by atoms with van der Waals surface area (Å²) in [5.74, 6) is -1.48. The van der Waals surface area contributed by atoms with Crippen LogP contribution in [-0.4, -0.2) is 56.8 Å². The van der Waals surface area contributed by atoms with Crippen LogP contribution in [0, 0.1) is 11.7 Å². The number of sulfonamides is 1. The molecule has 0 spiro atoms. The van der Waals surface area contributed by atoms with E-state index in [-0.39, 0.29) is 43.4 Å². The fraction of sp³-hybridized carbons (Fsp3) is 0.375. The second-order valence-electron chi connectivity index (χ2n) is 11.2. The Labute approximate surface area is 273 Å². The fourth-order valence-corrected chi connectivity index (χ4v) is 8.61. The van der Waals surface area contributed by atoms with Gasteiger partial charge < -0.3 is 14.2 Å². The summed E-state index contributed by atoms with van der Waals surface area (Å²) in [6, 6.07) is 11.1. The summed E-state index contributed by atoms with van der Waals surface area (Å²) in [7, 11) is -1.61. The van der Waals surface area contributed by atoms with E-state index in [1.54, 1.807) is 41.8 Å². The number of fused-ring (bicyclic) bond motifs is 1. The molecule has 2 aliphatic rings. The number of piperidine rings is 1. The quantitative estimate of drug-likeness (QED) is 0.175. The van der Waals surface area contributed by atoms with Gasteiger partial charge in [0.1, 0.15) is 28.0 Å². The Kier molecular flexibility index (Phi) is 9.31. The first-order chi connectivity index (χ1) is 22.5. The zero-order valence-electron chi connectivity index (χ0n) is 25.5. The maximum absolute atomic E-state index is 16.1. The molecule has 47 heavy (non-hydrogen) atoms. The molecule has 4 aromatic rings. The van der Waals surface area contributed by atoms with Gasteiger partial charge in [-0.2, -0.15) is 13.2 Å². The first-order valence-corrected chi connectivity index (χ1v) is 17.2. The monoisotopic (exact) mass is 692 g/mol. The number of hydrogen-bond donors (Lipinski definition) is 0. The minimum atomic E-state index is -4.56. The van der Waals surface area contributed by atoms with Gasteiger partial charge in [-0.3, -0.25) is 9.88 Å². The molecule has 2 aromatic carbocycles. The summed E-state index contributed by atoms with van der Waals surface area (Å²) in [4.78, 5) is 9.86. The molecule has 2 aliphatic heterocycles. The zero-order chi connectivity index (χ0) is 33.3. The van der Waals surface area contributed by atoms with Crippen LogP contribution >= 0.6 is 11.3 Å². The molecule has 0 amide bonds. The predicted molar refractivity (Wildman–Crippen MR) is 167 cm³/mol. The summed E-state index contributed by atoms with van der Waals surface area (Å²) in [6.45, 7) is 0.0395. The van der Waals surface area contributed by atoms with Crippen molar-refractivity contribution in [1.82, 2.24) is 14.9 Å². The van der Waals surface area contributed by atoms with Crippen LogP contribution in [0.5, 0.6) is 17.2 Å². The molecule has 0 unspecified atom stereocenters. The Morgan fingerprint density at radius 2 is 1.87 bits per heavy atom. The van der Waals surface area contributed by atoms with Crippen LogP contribution in [0.15, 0.2) is 71.2 Å². The predicted octanol–water partition coefficient (Wildman–Crippen LogP) is 6.93. The van der Waals surface area contributed by atoms with E-state index in [1.165, 1.54) is 26.6 Å². The van der Waals surface area contributed by atoms with Crippen molar-refractivity contribution >= 4 is 26.5 Å². The highest BCUT2D eigenvalue weighted by atomic mass is 32.2. The molecule has 250 valence electrons. The molecular formula is C32H32F4N4O5S2. The number of ether oxygens (including phenoxy) is 3. The van der Waals surface area contributed by atoms with Gasteiger partial charge in [0.05, 0.1) is 45.0 Å². The van der Waals surface area contributed by atoms with Crippen molar-refractivity contribution in [2.45, 2.75) is 49.0 Å². The van der Waals surface area contributed by atoms with E-state index in [4.69, 9.17) is 14.2 Å². The van der Waals surface area contributed by atoms with Gasteiger partial charge in [-0.1, -0.05) is 6.07 Å². The molecule has 6 rings (SSSR count). The minimum Gasteiger partial charge on any atom is -0.497 e. The number of anilines is 1. The first kappa shape index (κ1) is 33.0. The maximum Gasteiger partial charge on any atom is 0.391 e. The molecule has 1 saturated heterocycles. The Morgan fingerprint density at radius 1 is 1.04 bits per heavy atom. The highest BCUT2D eigenvalue weighted by Gasteiger charge is 2.47. The molecule has 0 aliphatic carbocycles. The lowest BCUT2D eigenvalue weighted by Crippen LogP contribution is -2.44. The van der Waals surface area contributed by atoms with Gasteiger partial charge in [0, 0.05) is 60.0 Å². The summed E-state index contributed by atoms with van der Waals surface area (Å²) in [5.41, 5.74) is 1.35. The highest BCUT2D eigenvalue weighted by Crippen LogP contribution is 2.48. The maximum atomic E-state index is 16.1. The number of nitrogens with zero attached hydrogens (tertiary/aromatic N) is 4. The van der Waals surface area contributed by atoms with Crippen molar-refractivity contribution in [3.8, 4) is 17.2 Å². The number of halogens is 4. The van der Waals surface area contributed by atoms with Crippen molar-refractivity contribution in [3.63, 3.8) is 0 Å². The lowest BCUT2D eigenvalue weighted by Gasteiger charge is -2.45. The standard InChI is InChI=1S/C32H32F4N4O5S2/c1-43-22-7-6-20(28(16-22)44-2)19-40(31-38-11-14-46-31)47(41,42)30-18-29-23(17-24(30)33)26(9-13-45-29)39-12-8-21(32(34,35)36)15-27(39)25-5-3-4-10-37-25/h3-7,10-11,14,16-18,21,26-27H,8-9,12-13,15,19H2,1-2H3/t21-,26-,27+/m1/s1. The number of aromatic nitrogens is 2. The lowest BCUT2D eigenvalue weighted by atomic mass is 9.85. The Hall–Kier alpha value is -3.95. The van der Waals surface area contributed by atoms with Crippen LogP contribution in [0.4, 0.5) is 22.7 Å². The number of methoxy groups -OCH3 is 2. The SMILES string of the molecule is COc1ccc(CN(c2nccs2)S(=O)(=O)c2cc3c(cc2F)[C@H](N2CC[C@@H](C(F)(F)F)C[C@H]2c2ccccn2)CCO3)c(OC)c1. The van der Waals surface area contributed by atoms with E-state index < -0.39 is 44.9 Å². The van der Waals surface area contributed by atoms with Gasteiger partial charge in [0.2, 0.25) is 0 Å². The average molecular weight is 693 g/mol. The van der Waals surface area contributed by atoms with Gasteiger partial charge in [-0.25, -0.2) is 22.1 Å². The summed E-state index contributed by atoms with van der Waals surface area (Å²) in [6.07, 6.45) is -1.31. The van der Waals surface area contributed by atoms with Gasteiger partial charge in [0.25, 0.3) is 10.0 Å². The molecule has 3 atom stereocenters. The molecule has 0 bridgehead atoms. The lowest BCUT2D eigenvalue weighted by molar-refractivity contribution is -0.192. The third-order valence-electron chi connectivity index (χ3n) is 8.62. The summed E-state index contributed by atoms with van der Waals surface area (Å²) >= 11 is 1.07. The minimum absolute atomic E-state index is 0.0959. The fourth-order valence-electron chi connectivity index (χ4n) is 6.28. The zero-order valence-corrected chi connectivity index (χ0v) is 27.1. The topological polar surface area (TPSA) is 94.1 Å². The van der Waals surface area contributed by atoms with Crippen LogP contribution in [0.25, 0.3) is 0 Å². The normalized spacial score (nSPS) is 20.3. The third kappa shape index (κ3) is 6.61. The Bertz CT molecular complexity index is 1810. The summed E-state index contributed by atoms with van der Waals surface area (Å²) < 4.78 is 104. The van der Waals surface area contributed by atoms with Gasteiger partial charge in [-0.05, 0) is 43.2 Å². The molecule has 2 aromatic heterocycles. The van der Waals surface area contributed by atoms with Crippen molar-refractivity contribution in [2.24, 2.45) is 5.92 Å². The van der Waals surface area contributed by atoms with E-state index in [0.717, 1.165) is 27.8 Å². The molecule has 0 N–H and O–H groups in total. The van der Waals surface area contributed by atoms with Gasteiger partial charge in [-0.15, -0.1) is 11.3 Å². The van der Waals surface area contributed by atoms with Crippen LogP contribution in [-0.2, 0) is 16.6 Å². The van der Waals surface area contributed by atoms with Gasteiger partial charge in [0.15, 0.2) is 5.13 Å². The molecule has 0 radical (unpaired) electrons. The van der Waals surface area contributed by atoms with E-state index in [2.05, 4.69) is 9.97 Å².